The average Bonchev–Trinajstić information content (AvgIpc) is 3.27. The molecule has 2 aliphatic rings. The molecule has 1 aliphatic carbocycles. The largest absolute Gasteiger partial charge is 0.354 e. The van der Waals surface area contributed by atoms with Crippen LogP contribution in [0.5, 0.6) is 0 Å². The molecule has 1 saturated carbocycles. The number of piperazine rings is 1. The van der Waals surface area contributed by atoms with Crippen LogP contribution >= 0.6 is 0 Å². The van der Waals surface area contributed by atoms with Gasteiger partial charge in [-0.1, -0.05) is 51.3 Å². The van der Waals surface area contributed by atoms with Crippen molar-refractivity contribution in [2.75, 3.05) is 38.0 Å². The molecule has 2 N–H and O–H groups in total. The summed E-state index contributed by atoms with van der Waals surface area (Å²) in [6, 6.07) is 9.44. The predicted molar refractivity (Wildman–Crippen MR) is 117 cm³/mol. The number of hydrogen-bond acceptors (Lipinski definition) is 3. The lowest BCUT2D eigenvalue weighted by Gasteiger charge is -2.40. The Hall–Kier alpha value is -2.08. The fourth-order valence-electron chi connectivity index (χ4n) is 4.40. The van der Waals surface area contributed by atoms with Gasteiger partial charge in [-0.3, -0.25) is 9.69 Å². The first kappa shape index (κ1) is 21.6. The van der Waals surface area contributed by atoms with Crippen molar-refractivity contribution >= 4 is 17.6 Å². The first-order valence-electron chi connectivity index (χ1n) is 11.2. The molecule has 3 rings (SSSR count). The number of nitrogens with one attached hydrogen (secondary N) is 2. The van der Waals surface area contributed by atoms with Crippen LogP contribution < -0.4 is 10.6 Å². The Bertz CT molecular complexity index is 652. The lowest BCUT2D eigenvalue weighted by Crippen LogP contribution is -2.58. The number of urea groups is 1. The van der Waals surface area contributed by atoms with Crippen molar-refractivity contribution in [3.63, 3.8) is 0 Å². The molecule has 1 saturated heterocycles. The maximum atomic E-state index is 13.1. The Balaban J connectivity index is 1.56. The monoisotopic (exact) mass is 400 g/mol. The first-order chi connectivity index (χ1) is 14.1. The van der Waals surface area contributed by atoms with E-state index in [4.69, 9.17) is 0 Å². The van der Waals surface area contributed by atoms with E-state index in [1.807, 2.05) is 35.2 Å². The van der Waals surface area contributed by atoms with Crippen molar-refractivity contribution in [1.29, 1.82) is 0 Å². The highest BCUT2D eigenvalue weighted by molar-refractivity contribution is 5.89. The molecule has 1 aromatic carbocycles. The van der Waals surface area contributed by atoms with Crippen molar-refractivity contribution in [1.82, 2.24) is 15.1 Å². The summed E-state index contributed by atoms with van der Waals surface area (Å²) in [6.07, 6.45) is 5.79. The van der Waals surface area contributed by atoms with Crippen LogP contribution in [0.15, 0.2) is 30.3 Å². The minimum atomic E-state index is -0.0607. The number of benzene rings is 1. The number of hydrogen-bond donors (Lipinski definition) is 2. The van der Waals surface area contributed by atoms with Crippen LogP contribution in [0.3, 0.4) is 0 Å². The van der Waals surface area contributed by atoms with Gasteiger partial charge in [-0.2, -0.15) is 0 Å². The van der Waals surface area contributed by atoms with E-state index in [1.165, 1.54) is 12.8 Å². The third-order valence-corrected chi connectivity index (χ3v) is 6.46. The van der Waals surface area contributed by atoms with Gasteiger partial charge in [0.2, 0.25) is 5.91 Å². The van der Waals surface area contributed by atoms with E-state index in [2.05, 4.69) is 29.4 Å². The number of anilines is 1. The summed E-state index contributed by atoms with van der Waals surface area (Å²) in [5, 5.41) is 6.16. The Morgan fingerprint density at radius 1 is 1.07 bits per heavy atom. The van der Waals surface area contributed by atoms with E-state index >= 15 is 0 Å². The maximum Gasteiger partial charge on any atom is 0.321 e. The van der Waals surface area contributed by atoms with Crippen molar-refractivity contribution in [3.8, 4) is 0 Å². The molecule has 6 heteroatoms. The molecule has 2 atom stereocenters. The standard InChI is InChI=1S/C23H36N4O2/c1-3-18(2)17-24-22(28)21(19-9-7-8-10-19)26-13-15-27(16-14-26)23(29)25-20-11-5-4-6-12-20/h4-6,11-12,18-19,21H,3,7-10,13-17H2,1-2H3,(H,24,28)(H,25,29)/t18-,21+/m0/s1. The molecule has 1 aromatic rings. The minimum Gasteiger partial charge on any atom is -0.354 e. The molecule has 160 valence electrons. The Kier molecular flexibility index (Phi) is 7.92. The van der Waals surface area contributed by atoms with Crippen LogP contribution in [0.4, 0.5) is 10.5 Å². The third kappa shape index (κ3) is 5.95. The lowest BCUT2D eigenvalue weighted by molar-refractivity contribution is -0.129. The Morgan fingerprint density at radius 2 is 1.72 bits per heavy atom. The molecule has 3 amide bonds. The second-order valence-corrected chi connectivity index (χ2v) is 8.57. The number of nitrogens with zero attached hydrogens (tertiary/aromatic N) is 2. The zero-order chi connectivity index (χ0) is 20.6. The second-order valence-electron chi connectivity index (χ2n) is 8.57. The topological polar surface area (TPSA) is 64.7 Å². The molecule has 0 bridgehead atoms. The van der Waals surface area contributed by atoms with Crippen LogP contribution in [0.2, 0.25) is 0 Å². The molecule has 0 spiro atoms. The van der Waals surface area contributed by atoms with Crippen LogP contribution in [0.1, 0.15) is 46.0 Å². The molecule has 2 fully saturated rings. The van der Waals surface area contributed by atoms with Gasteiger partial charge in [-0.05, 0) is 36.8 Å². The summed E-state index contributed by atoms with van der Waals surface area (Å²) < 4.78 is 0. The number of carbonyl (C=O) groups is 2. The van der Waals surface area contributed by atoms with E-state index < -0.39 is 0 Å². The molecular formula is C23H36N4O2. The van der Waals surface area contributed by atoms with Crippen LogP contribution in [0, 0.1) is 11.8 Å². The molecule has 0 aromatic heterocycles. The summed E-state index contributed by atoms with van der Waals surface area (Å²) in [4.78, 5) is 29.8. The predicted octanol–water partition coefficient (Wildman–Crippen LogP) is 3.56. The smallest absolute Gasteiger partial charge is 0.321 e. The fourth-order valence-corrected chi connectivity index (χ4v) is 4.40. The van der Waals surface area contributed by atoms with E-state index in [9.17, 15) is 9.59 Å². The number of amides is 3. The normalized spacial score (nSPS) is 20.3. The summed E-state index contributed by atoms with van der Waals surface area (Å²) in [6.45, 7) is 7.89. The second kappa shape index (κ2) is 10.6. The zero-order valence-electron chi connectivity index (χ0n) is 17.9. The van der Waals surface area contributed by atoms with E-state index in [-0.39, 0.29) is 18.0 Å². The third-order valence-electron chi connectivity index (χ3n) is 6.46. The molecule has 1 aliphatic heterocycles. The van der Waals surface area contributed by atoms with Gasteiger partial charge in [-0.25, -0.2) is 4.79 Å². The highest BCUT2D eigenvalue weighted by Crippen LogP contribution is 2.31. The Morgan fingerprint density at radius 3 is 2.34 bits per heavy atom. The quantitative estimate of drug-likeness (QED) is 0.736. The average molecular weight is 401 g/mol. The zero-order valence-corrected chi connectivity index (χ0v) is 17.9. The van der Waals surface area contributed by atoms with Gasteiger partial charge in [0.05, 0.1) is 6.04 Å². The van der Waals surface area contributed by atoms with E-state index in [0.29, 0.717) is 24.9 Å². The lowest BCUT2D eigenvalue weighted by atomic mass is 9.94. The molecule has 1 heterocycles. The Labute approximate surface area is 175 Å². The summed E-state index contributed by atoms with van der Waals surface area (Å²) in [7, 11) is 0. The maximum absolute atomic E-state index is 13.1. The van der Waals surface area contributed by atoms with E-state index in [1.54, 1.807) is 0 Å². The van der Waals surface area contributed by atoms with Crippen LogP contribution in [-0.4, -0.2) is 60.5 Å². The van der Waals surface area contributed by atoms with Gasteiger partial charge >= 0.3 is 6.03 Å². The van der Waals surface area contributed by atoms with Gasteiger partial charge in [0.1, 0.15) is 0 Å². The van der Waals surface area contributed by atoms with E-state index in [0.717, 1.165) is 44.6 Å². The van der Waals surface area contributed by atoms with Crippen LogP contribution in [0.25, 0.3) is 0 Å². The van der Waals surface area contributed by atoms with Crippen molar-refractivity contribution < 1.29 is 9.59 Å². The van der Waals surface area contributed by atoms with Crippen molar-refractivity contribution in [2.24, 2.45) is 11.8 Å². The van der Waals surface area contributed by atoms with Gasteiger partial charge in [-0.15, -0.1) is 0 Å². The van der Waals surface area contributed by atoms with Gasteiger partial charge in [0.25, 0.3) is 0 Å². The van der Waals surface area contributed by atoms with Gasteiger partial charge < -0.3 is 15.5 Å². The SMILES string of the molecule is CC[C@H](C)CNC(=O)[C@@H](C1CCCC1)N1CCN(C(=O)Nc2ccccc2)CC1. The minimum absolute atomic E-state index is 0.0547. The molecular weight excluding hydrogens is 364 g/mol. The summed E-state index contributed by atoms with van der Waals surface area (Å²) >= 11 is 0. The summed E-state index contributed by atoms with van der Waals surface area (Å²) in [5.74, 6) is 1.12. The molecule has 0 radical (unpaired) electrons. The number of rotatable bonds is 7. The van der Waals surface area contributed by atoms with Crippen LogP contribution in [-0.2, 0) is 4.79 Å². The highest BCUT2D eigenvalue weighted by Gasteiger charge is 2.37. The molecule has 6 nitrogen and oxygen atoms in total. The fraction of sp³-hybridized carbons (Fsp3) is 0.652. The van der Waals surface area contributed by atoms with Crippen molar-refractivity contribution in [2.45, 2.75) is 52.0 Å². The van der Waals surface area contributed by atoms with Crippen molar-refractivity contribution in [3.05, 3.63) is 30.3 Å². The number of carbonyl (C=O) groups excluding carboxylic acids is 2. The highest BCUT2D eigenvalue weighted by atomic mass is 16.2. The molecule has 29 heavy (non-hydrogen) atoms. The first-order valence-corrected chi connectivity index (χ1v) is 11.2. The number of para-hydroxylation sites is 1. The summed E-state index contributed by atoms with van der Waals surface area (Å²) in [5.41, 5.74) is 0.813. The molecule has 0 unspecified atom stereocenters. The van der Waals surface area contributed by atoms with Gasteiger partial charge in [0.15, 0.2) is 0 Å². The van der Waals surface area contributed by atoms with Gasteiger partial charge in [0, 0.05) is 38.4 Å².